The van der Waals surface area contributed by atoms with Crippen LogP contribution in [0.2, 0.25) is 5.02 Å². The van der Waals surface area contributed by atoms with Gasteiger partial charge in [-0.05, 0) is 88.6 Å². The molecule has 3 amide bonds. The maximum Gasteiger partial charge on any atom is 0.408 e. The molecule has 0 aliphatic heterocycles. The van der Waals surface area contributed by atoms with Crippen LogP contribution in [0.4, 0.5) is 10.5 Å². The summed E-state index contributed by atoms with van der Waals surface area (Å²) in [4.78, 5) is 43.6. The van der Waals surface area contributed by atoms with Crippen molar-refractivity contribution < 1.29 is 19.1 Å². The Hall–Kier alpha value is -3.50. The van der Waals surface area contributed by atoms with Crippen molar-refractivity contribution in [1.29, 1.82) is 0 Å². The summed E-state index contributed by atoms with van der Waals surface area (Å²) in [6.45, 7) is 17.2. The summed E-state index contributed by atoms with van der Waals surface area (Å²) < 4.78 is 5.52. The van der Waals surface area contributed by atoms with Crippen molar-refractivity contribution in [3.05, 3.63) is 64.2 Å². The number of rotatable bonds is 12. The average molecular weight is 610 g/mol. The van der Waals surface area contributed by atoms with Crippen LogP contribution in [0, 0.1) is 31.1 Å². The van der Waals surface area contributed by atoms with E-state index < -0.39 is 29.7 Å². The van der Waals surface area contributed by atoms with Crippen LogP contribution in [-0.2, 0) is 14.3 Å². The first-order valence-corrected chi connectivity index (χ1v) is 15.4. The molecule has 0 saturated heterocycles. The standard InChI is InChI=1S/C35H48ClN3O4/c1-11-23(5)30(38-34(42)43-35(8,9)10)33(41)39(25(7)17-16-22(3)4)31(27-20-18-26(12-2)19-21-27)32(40)37-29-24(6)14-13-15-28(29)36/h2,13-15,18-23,25,30-31H,11,16-17H2,1,3-10H3,(H,37,40)(H,38,42). The van der Waals surface area contributed by atoms with Crippen LogP contribution in [-0.4, -0.2) is 40.5 Å². The van der Waals surface area contributed by atoms with E-state index in [9.17, 15) is 14.4 Å². The van der Waals surface area contributed by atoms with E-state index in [0.29, 0.717) is 40.6 Å². The van der Waals surface area contributed by atoms with Crippen LogP contribution in [0.15, 0.2) is 42.5 Å². The molecule has 2 aromatic carbocycles. The molecule has 2 rings (SSSR count). The van der Waals surface area contributed by atoms with Gasteiger partial charge in [-0.25, -0.2) is 4.79 Å². The molecule has 0 radical (unpaired) electrons. The lowest BCUT2D eigenvalue weighted by atomic mass is 9.93. The second-order valence-electron chi connectivity index (χ2n) is 12.7. The Kier molecular flexibility index (Phi) is 13.1. The number of carbonyl (C=O) groups excluding carboxylic acids is 3. The van der Waals surface area contributed by atoms with Gasteiger partial charge in [0.05, 0.1) is 10.7 Å². The van der Waals surface area contributed by atoms with Crippen LogP contribution in [0.25, 0.3) is 0 Å². The van der Waals surface area contributed by atoms with Crippen molar-refractivity contribution in [1.82, 2.24) is 10.2 Å². The highest BCUT2D eigenvalue weighted by molar-refractivity contribution is 6.34. The molecule has 0 aliphatic carbocycles. The monoisotopic (exact) mass is 609 g/mol. The lowest BCUT2D eigenvalue weighted by Gasteiger charge is -2.40. The molecule has 0 aromatic heterocycles. The Bertz CT molecular complexity index is 1270. The van der Waals surface area contributed by atoms with Gasteiger partial charge in [0.1, 0.15) is 17.7 Å². The molecule has 2 aromatic rings. The van der Waals surface area contributed by atoms with Gasteiger partial charge in [0.25, 0.3) is 5.91 Å². The number of nitrogens with zero attached hydrogens (tertiary/aromatic N) is 1. The number of anilines is 1. The Morgan fingerprint density at radius 2 is 1.65 bits per heavy atom. The van der Waals surface area contributed by atoms with Gasteiger partial charge in [-0.1, -0.05) is 75.9 Å². The molecule has 0 spiro atoms. The highest BCUT2D eigenvalue weighted by atomic mass is 35.5. The van der Waals surface area contributed by atoms with Crippen LogP contribution in [0.1, 0.15) is 97.4 Å². The van der Waals surface area contributed by atoms with Gasteiger partial charge in [-0.15, -0.1) is 6.42 Å². The zero-order valence-corrected chi connectivity index (χ0v) is 27.8. The Morgan fingerprint density at radius 1 is 1.02 bits per heavy atom. The van der Waals surface area contributed by atoms with Gasteiger partial charge in [-0.2, -0.15) is 0 Å². The predicted molar refractivity (Wildman–Crippen MR) is 175 cm³/mol. The summed E-state index contributed by atoms with van der Waals surface area (Å²) in [5, 5.41) is 6.21. The van der Waals surface area contributed by atoms with Crippen molar-refractivity contribution in [2.24, 2.45) is 11.8 Å². The highest BCUT2D eigenvalue weighted by Gasteiger charge is 2.40. The van der Waals surface area contributed by atoms with Crippen molar-refractivity contribution in [2.75, 3.05) is 5.32 Å². The largest absolute Gasteiger partial charge is 0.444 e. The van der Waals surface area contributed by atoms with E-state index in [2.05, 4.69) is 30.4 Å². The van der Waals surface area contributed by atoms with Crippen LogP contribution < -0.4 is 10.6 Å². The molecule has 0 saturated carbocycles. The average Bonchev–Trinajstić information content (AvgIpc) is 2.93. The smallest absolute Gasteiger partial charge is 0.408 e. The maximum atomic E-state index is 14.7. The van der Waals surface area contributed by atoms with Gasteiger partial charge in [0.2, 0.25) is 5.91 Å². The minimum atomic E-state index is -1.04. The molecule has 234 valence electrons. The van der Waals surface area contributed by atoms with Crippen molar-refractivity contribution in [2.45, 2.75) is 105 Å². The lowest BCUT2D eigenvalue weighted by Crippen LogP contribution is -2.57. The van der Waals surface area contributed by atoms with Crippen LogP contribution in [0.5, 0.6) is 0 Å². The molecule has 0 aliphatic rings. The first kappa shape index (κ1) is 35.7. The number of hydrogen-bond donors (Lipinski definition) is 2. The zero-order valence-electron chi connectivity index (χ0n) is 27.1. The second-order valence-corrected chi connectivity index (χ2v) is 13.1. The number of alkyl carbamates (subject to hydrolysis) is 1. The van der Waals surface area contributed by atoms with Crippen molar-refractivity contribution >= 4 is 35.2 Å². The Labute approximate surface area is 263 Å². The number of hydrogen-bond acceptors (Lipinski definition) is 4. The number of benzene rings is 2. The number of nitrogens with one attached hydrogen (secondary N) is 2. The summed E-state index contributed by atoms with van der Waals surface area (Å²) in [6.07, 6.45) is 7.04. The molecule has 0 bridgehead atoms. The van der Waals surface area contributed by atoms with Gasteiger partial charge < -0.3 is 20.3 Å². The third-order valence-corrected chi connectivity index (χ3v) is 7.75. The summed E-state index contributed by atoms with van der Waals surface area (Å²) in [6, 6.07) is 10.1. The third-order valence-electron chi connectivity index (χ3n) is 7.43. The fraction of sp³-hybridized carbons (Fsp3) is 0.514. The normalized spacial score (nSPS) is 14.2. The predicted octanol–water partition coefficient (Wildman–Crippen LogP) is 7.90. The van der Waals surface area contributed by atoms with E-state index in [1.165, 1.54) is 0 Å². The van der Waals surface area contributed by atoms with Crippen molar-refractivity contribution in [3.63, 3.8) is 0 Å². The first-order valence-electron chi connectivity index (χ1n) is 15.0. The summed E-state index contributed by atoms with van der Waals surface area (Å²) in [5.74, 6) is 1.97. The fourth-order valence-electron chi connectivity index (χ4n) is 4.77. The van der Waals surface area contributed by atoms with Gasteiger partial charge in [0.15, 0.2) is 0 Å². The topological polar surface area (TPSA) is 87.7 Å². The molecule has 7 nitrogen and oxygen atoms in total. The number of terminal acetylenes is 1. The minimum absolute atomic E-state index is 0.238. The summed E-state index contributed by atoms with van der Waals surface area (Å²) >= 11 is 6.50. The van der Waals surface area contributed by atoms with Crippen LogP contribution >= 0.6 is 11.6 Å². The maximum absolute atomic E-state index is 14.7. The number of carbonyl (C=O) groups is 3. The van der Waals surface area contributed by atoms with E-state index in [4.69, 9.17) is 22.8 Å². The number of amides is 3. The van der Waals surface area contributed by atoms with Gasteiger partial charge in [0, 0.05) is 11.6 Å². The zero-order chi connectivity index (χ0) is 32.5. The third kappa shape index (κ3) is 10.3. The lowest BCUT2D eigenvalue weighted by molar-refractivity contribution is -0.144. The number of aryl methyl sites for hydroxylation is 1. The van der Waals surface area contributed by atoms with E-state index in [1.54, 1.807) is 56.0 Å². The molecule has 0 fully saturated rings. The molecular weight excluding hydrogens is 562 g/mol. The molecule has 4 atom stereocenters. The molecule has 43 heavy (non-hydrogen) atoms. The van der Waals surface area contributed by atoms with Gasteiger partial charge >= 0.3 is 6.09 Å². The number of ether oxygens (including phenoxy) is 1. The van der Waals surface area contributed by atoms with E-state index in [0.717, 1.165) is 12.0 Å². The SMILES string of the molecule is C#Cc1ccc(C(C(=O)Nc2c(C)cccc2Cl)N(C(=O)C(NC(=O)OC(C)(C)C)C(C)CC)C(C)CCC(C)C)cc1. The van der Waals surface area contributed by atoms with E-state index in [1.807, 2.05) is 39.8 Å². The molecule has 2 N–H and O–H groups in total. The van der Waals surface area contributed by atoms with Crippen molar-refractivity contribution in [3.8, 4) is 12.3 Å². The van der Waals surface area contributed by atoms with E-state index >= 15 is 0 Å². The molecule has 4 unspecified atom stereocenters. The Balaban J connectivity index is 2.71. The second kappa shape index (κ2) is 15.8. The highest BCUT2D eigenvalue weighted by Crippen LogP contribution is 2.32. The number of halogens is 1. The molecule has 8 heteroatoms. The first-order chi connectivity index (χ1) is 20.1. The van der Waals surface area contributed by atoms with Crippen LogP contribution in [0.3, 0.4) is 0 Å². The summed E-state index contributed by atoms with van der Waals surface area (Å²) in [7, 11) is 0. The summed E-state index contributed by atoms with van der Waals surface area (Å²) in [5.41, 5.74) is 1.76. The minimum Gasteiger partial charge on any atom is -0.444 e. The quantitative estimate of drug-likeness (QED) is 0.239. The fourth-order valence-corrected chi connectivity index (χ4v) is 5.04. The number of para-hydroxylation sites is 1. The Morgan fingerprint density at radius 3 is 2.16 bits per heavy atom. The molecule has 0 heterocycles. The van der Waals surface area contributed by atoms with E-state index in [-0.39, 0.29) is 17.9 Å². The molecular formula is C35H48ClN3O4. The van der Waals surface area contributed by atoms with Gasteiger partial charge in [-0.3, -0.25) is 9.59 Å².